The van der Waals surface area contributed by atoms with Gasteiger partial charge in [0.15, 0.2) is 0 Å². The molecule has 0 aliphatic carbocycles. The van der Waals surface area contributed by atoms with Crippen molar-refractivity contribution >= 4 is 0 Å². The first-order valence-electron chi connectivity index (χ1n) is 3.75. The quantitative estimate of drug-likeness (QED) is 0.697. The van der Waals surface area contributed by atoms with Gasteiger partial charge in [0.2, 0.25) is 17.3 Å². The van der Waals surface area contributed by atoms with Gasteiger partial charge in [0.05, 0.1) is 0 Å². The minimum absolute atomic E-state index is 0.187. The maximum atomic E-state index is 10.9. The Balaban J connectivity index is 2.52. The Morgan fingerprint density at radius 3 is 2.92 bits per heavy atom. The van der Waals surface area contributed by atoms with Crippen molar-refractivity contribution in [3.63, 3.8) is 0 Å². The van der Waals surface area contributed by atoms with Crippen LogP contribution in [0, 0.1) is 6.92 Å². The number of hydrogen-bond donors (Lipinski definition) is 1. The topological polar surface area (TPSA) is 71.8 Å². The Kier molecular flexibility index (Phi) is 1.70. The fraction of sp³-hybridized carbons (Fsp3) is 0.125. The number of nitrogens with zero attached hydrogens (tertiary/aromatic N) is 2. The number of aromatic nitrogens is 3. The van der Waals surface area contributed by atoms with E-state index in [9.17, 15) is 4.79 Å². The summed E-state index contributed by atoms with van der Waals surface area (Å²) in [7, 11) is 0. The molecule has 5 nitrogen and oxygen atoms in total. The van der Waals surface area contributed by atoms with Crippen LogP contribution >= 0.6 is 0 Å². The molecular formula is C8H7N3O2. The predicted molar refractivity (Wildman–Crippen MR) is 45.1 cm³/mol. The molecule has 0 aromatic carbocycles. The first-order chi connectivity index (χ1) is 6.25. The first kappa shape index (κ1) is 7.72. The van der Waals surface area contributed by atoms with E-state index in [0.717, 1.165) is 0 Å². The summed E-state index contributed by atoms with van der Waals surface area (Å²) in [6, 6.07) is 3.11. The molecule has 0 amide bonds. The number of aryl methyl sites for hydroxylation is 1. The third-order valence-electron chi connectivity index (χ3n) is 1.55. The number of aromatic amines is 1. The number of pyridine rings is 1. The van der Waals surface area contributed by atoms with Crippen LogP contribution in [0.4, 0.5) is 0 Å². The molecule has 0 unspecified atom stereocenters. The first-order valence-corrected chi connectivity index (χ1v) is 3.75. The van der Waals surface area contributed by atoms with Crippen LogP contribution in [0.5, 0.6) is 0 Å². The van der Waals surface area contributed by atoms with Gasteiger partial charge in [0.1, 0.15) is 0 Å². The molecule has 0 saturated carbocycles. The molecule has 0 atom stereocenters. The van der Waals surface area contributed by atoms with E-state index < -0.39 is 0 Å². The molecule has 0 radical (unpaired) electrons. The number of H-pyrrole nitrogens is 1. The second-order valence-electron chi connectivity index (χ2n) is 2.57. The van der Waals surface area contributed by atoms with Gasteiger partial charge < -0.3 is 9.40 Å². The van der Waals surface area contributed by atoms with Crippen molar-refractivity contribution in [1.29, 1.82) is 0 Å². The molecular weight excluding hydrogens is 170 g/mol. The summed E-state index contributed by atoms with van der Waals surface area (Å²) in [5.41, 5.74) is 0.442. The zero-order valence-corrected chi connectivity index (χ0v) is 6.94. The van der Waals surface area contributed by atoms with Crippen LogP contribution in [-0.4, -0.2) is 15.2 Å². The van der Waals surface area contributed by atoms with E-state index >= 15 is 0 Å². The van der Waals surface area contributed by atoms with Gasteiger partial charge in [-0.1, -0.05) is 0 Å². The minimum Gasteiger partial charge on any atom is -0.421 e. The SMILES string of the molecule is Cc1nnc(-c2cc[nH]c(=O)c2)o1. The number of rotatable bonds is 1. The fourth-order valence-corrected chi connectivity index (χ4v) is 0.991. The maximum Gasteiger partial charge on any atom is 0.248 e. The molecule has 0 bridgehead atoms. The highest BCUT2D eigenvalue weighted by Gasteiger charge is 2.04. The third-order valence-corrected chi connectivity index (χ3v) is 1.55. The summed E-state index contributed by atoms with van der Waals surface area (Å²) in [5.74, 6) is 0.846. The van der Waals surface area contributed by atoms with Crippen LogP contribution in [-0.2, 0) is 0 Å². The molecule has 0 fully saturated rings. The molecule has 2 heterocycles. The van der Waals surface area contributed by atoms with Gasteiger partial charge in [-0.15, -0.1) is 10.2 Å². The second-order valence-corrected chi connectivity index (χ2v) is 2.57. The van der Waals surface area contributed by atoms with Gasteiger partial charge in [-0.3, -0.25) is 4.79 Å². The lowest BCUT2D eigenvalue weighted by Crippen LogP contribution is -2.01. The van der Waals surface area contributed by atoms with Crippen LogP contribution in [0.3, 0.4) is 0 Å². The molecule has 2 aromatic heterocycles. The van der Waals surface area contributed by atoms with Gasteiger partial charge in [-0.05, 0) is 6.07 Å². The molecule has 0 spiro atoms. The highest BCUT2D eigenvalue weighted by Crippen LogP contribution is 2.13. The van der Waals surface area contributed by atoms with Crippen molar-refractivity contribution in [2.75, 3.05) is 0 Å². The summed E-state index contributed by atoms with van der Waals surface area (Å²) in [6.45, 7) is 1.70. The van der Waals surface area contributed by atoms with Crippen molar-refractivity contribution < 1.29 is 4.42 Å². The smallest absolute Gasteiger partial charge is 0.248 e. The van der Waals surface area contributed by atoms with Gasteiger partial charge >= 0.3 is 0 Å². The molecule has 1 N–H and O–H groups in total. The normalized spacial score (nSPS) is 10.2. The maximum absolute atomic E-state index is 10.9. The Morgan fingerprint density at radius 1 is 1.46 bits per heavy atom. The summed E-state index contributed by atoms with van der Waals surface area (Å²) in [6.07, 6.45) is 1.54. The van der Waals surface area contributed by atoms with E-state index in [-0.39, 0.29) is 5.56 Å². The van der Waals surface area contributed by atoms with E-state index in [0.29, 0.717) is 17.3 Å². The summed E-state index contributed by atoms with van der Waals surface area (Å²) in [4.78, 5) is 13.4. The van der Waals surface area contributed by atoms with Gasteiger partial charge in [0.25, 0.3) is 0 Å². The monoisotopic (exact) mass is 177 g/mol. The average molecular weight is 177 g/mol. The fourth-order valence-electron chi connectivity index (χ4n) is 0.991. The van der Waals surface area contributed by atoms with Crippen molar-refractivity contribution in [2.24, 2.45) is 0 Å². The average Bonchev–Trinajstić information content (AvgIpc) is 2.52. The molecule has 2 aromatic rings. The van der Waals surface area contributed by atoms with Crippen LogP contribution in [0.15, 0.2) is 27.5 Å². The van der Waals surface area contributed by atoms with Crippen LogP contribution in [0.25, 0.3) is 11.5 Å². The Morgan fingerprint density at radius 2 is 2.31 bits per heavy atom. The Labute approximate surface area is 73.4 Å². The molecule has 0 saturated heterocycles. The van der Waals surface area contributed by atoms with Gasteiger partial charge in [-0.25, -0.2) is 0 Å². The van der Waals surface area contributed by atoms with E-state index in [1.165, 1.54) is 12.3 Å². The van der Waals surface area contributed by atoms with E-state index in [4.69, 9.17) is 4.42 Å². The lowest BCUT2D eigenvalue weighted by molar-refractivity contribution is 0.532. The van der Waals surface area contributed by atoms with Gasteiger partial charge in [0, 0.05) is 24.8 Å². The lowest BCUT2D eigenvalue weighted by atomic mass is 10.3. The van der Waals surface area contributed by atoms with Crippen LogP contribution in [0.1, 0.15) is 5.89 Å². The predicted octanol–water partition coefficient (Wildman–Crippen LogP) is 0.733. The zero-order chi connectivity index (χ0) is 9.26. The van der Waals surface area contributed by atoms with Crippen molar-refractivity contribution in [1.82, 2.24) is 15.2 Å². The zero-order valence-electron chi connectivity index (χ0n) is 6.94. The molecule has 0 aliphatic rings. The van der Waals surface area contributed by atoms with E-state index in [1.807, 2.05) is 0 Å². The Bertz CT molecular complexity index is 472. The van der Waals surface area contributed by atoms with Crippen molar-refractivity contribution in [2.45, 2.75) is 6.92 Å². The highest BCUT2D eigenvalue weighted by molar-refractivity contribution is 5.50. The standard InChI is InChI=1S/C8H7N3O2/c1-5-10-11-8(13-5)6-2-3-9-7(12)4-6/h2-4H,1H3,(H,9,12). The molecule has 2 rings (SSSR count). The van der Waals surface area contributed by atoms with Crippen molar-refractivity contribution in [3.8, 4) is 11.5 Å². The lowest BCUT2D eigenvalue weighted by Gasteiger charge is -1.90. The molecule has 66 valence electrons. The van der Waals surface area contributed by atoms with Crippen LogP contribution < -0.4 is 5.56 Å². The molecule has 0 aliphatic heterocycles. The number of nitrogens with one attached hydrogen (secondary N) is 1. The largest absolute Gasteiger partial charge is 0.421 e. The van der Waals surface area contributed by atoms with Crippen LogP contribution in [0.2, 0.25) is 0 Å². The van der Waals surface area contributed by atoms with E-state index in [2.05, 4.69) is 15.2 Å². The van der Waals surface area contributed by atoms with E-state index in [1.54, 1.807) is 13.0 Å². The third kappa shape index (κ3) is 1.48. The van der Waals surface area contributed by atoms with Crippen molar-refractivity contribution in [3.05, 3.63) is 34.6 Å². The van der Waals surface area contributed by atoms with Gasteiger partial charge in [-0.2, -0.15) is 0 Å². The Hall–Kier alpha value is -1.91. The summed E-state index contributed by atoms with van der Waals surface area (Å²) in [5, 5.41) is 7.45. The second kappa shape index (κ2) is 2.85. The molecule has 13 heavy (non-hydrogen) atoms. The summed E-state index contributed by atoms with van der Waals surface area (Å²) >= 11 is 0. The minimum atomic E-state index is -0.187. The number of hydrogen-bond acceptors (Lipinski definition) is 4. The summed E-state index contributed by atoms with van der Waals surface area (Å²) < 4.78 is 5.15. The highest BCUT2D eigenvalue weighted by atomic mass is 16.4. The molecule has 5 heteroatoms.